The highest BCUT2D eigenvalue weighted by atomic mass is 79.9. The molecule has 0 aromatic heterocycles. The van der Waals surface area contributed by atoms with E-state index >= 15 is 0 Å². The molecule has 0 saturated heterocycles. The van der Waals surface area contributed by atoms with Crippen LogP contribution in [0.5, 0.6) is 11.5 Å². The van der Waals surface area contributed by atoms with E-state index in [0.29, 0.717) is 6.61 Å². The minimum atomic E-state index is -0.189. The number of nitrogens with two attached hydrogens (primary N) is 1. The van der Waals surface area contributed by atoms with Gasteiger partial charge in [0, 0.05) is 5.56 Å². The highest BCUT2D eigenvalue weighted by Crippen LogP contribution is 2.37. The first kappa shape index (κ1) is 18.3. The molecule has 0 aliphatic heterocycles. The number of aliphatic hydroxyl groups excluding tert-OH is 1. The second kappa shape index (κ2) is 8.01. The van der Waals surface area contributed by atoms with Gasteiger partial charge in [-0.15, -0.1) is 0 Å². The summed E-state index contributed by atoms with van der Waals surface area (Å²) >= 11 is 3.57. The lowest BCUT2D eigenvalue weighted by molar-refractivity contribution is -0.736. The first-order valence-electron chi connectivity index (χ1n) is 7.36. The molecule has 0 fully saturated rings. The molecule has 0 aliphatic carbocycles. The summed E-state index contributed by atoms with van der Waals surface area (Å²) < 4.78 is 12.4. The predicted octanol–water partition coefficient (Wildman–Crippen LogP) is 2.47. The van der Waals surface area contributed by atoms with E-state index in [9.17, 15) is 5.11 Å². The quantitative estimate of drug-likeness (QED) is 0.748. The molecule has 0 bridgehead atoms. The molecule has 0 spiro atoms. The summed E-state index contributed by atoms with van der Waals surface area (Å²) in [5, 5.41) is 11.4. The number of halogens is 1. The Morgan fingerprint density at radius 2 is 2.00 bits per heavy atom. The van der Waals surface area contributed by atoms with Gasteiger partial charge in [0.25, 0.3) is 0 Å². The van der Waals surface area contributed by atoms with Gasteiger partial charge in [0.15, 0.2) is 11.5 Å². The number of benzene rings is 1. The van der Waals surface area contributed by atoms with Crippen LogP contribution in [0.2, 0.25) is 0 Å². The number of aliphatic hydroxyl groups is 1. The second-order valence-electron chi connectivity index (χ2n) is 6.06. The van der Waals surface area contributed by atoms with Gasteiger partial charge in [-0.2, -0.15) is 0 Å². The number of quaternary nitrogens is 1. The molecule has 4 nitrogen and oxygen atoms in total. The topological polar surface area (TPSA) is 55.3 Å². The smallest absolute Gasteiger partial charge is 0.175 e. The summed E-state index contributed by atoms with van der Waals surface area (Å²) in [6, 6.07) is 4.06. The van der Waals surface area contributed by atoms with Crippen LogP contribution >= 0.6 is 15.9 Å². The maximum absolute atomic E-state index is 9.32. The molecule has 0 radical (unpaired) electrons. The Labute approximate surface area is 136 Å². The SMILES string of the molecule is CCOc1cc(C[NH2+]C(C)(C)CO)cc(Br)c1OC(C)C. The van der Waals surface area contributed by atoms with Crippen LogP contribution in [-0.2, 0) is 6.54 Å². The normalized spacial score (nSPS) is 11.8. The highest BCUT2D eigenvalue weighted by Gasteiger charge is 2.20. The van der Waals surface area contributed by atoms with Crippen LogP contribution in [0.4, 0.5) is 0 Å². The number of ether oxygens (including phenoxy) is 2. The minimum absolute atomic E-state index is 0.0891. The first-order chi connectivity index (χ1) is 9.79. The molecule has 1 aromatic rings. The van der Waals surface area contributed by atoms with Gasteiger partial charge in [-0.1, -0.05) is 0 Å². The molecule has 21 heavy (non-hydrogen) atoms. The van der Waals surface area contributed by atoms with Crippen molar-refractivity contribution in [1.82, 2.24) is 0 Å². The summed E-state index contributed by atoms with van der Waals surface area (Å²) in [5.74, 6) is 1.50. The summed E-state index contributed by atoms with van der Waals surface area (Å²) in [4.78, 5) is 0. The van der Waals surface area contributed by atoms with Crippen molar-refractivity contribution in [3.05, 3.63) is 22.2 Å². The van der Waals surface area contributed by atoms with Gasteiger partial charge in [-0.05, 0) is 62.7 Å². The third kappa shape index (κ3) is 5.85. The maximum atomic E-state index is 9.32. The Morgan fingerprint density at radius 1 is 1.33 bits per heavy atom. The fraction of sp³-hybridized carbons (Fsp3) is 0.625. The van der Waals surface area contributed by atoms with E-state index < -0.39 is 0 Å². The molecule has 3 N–H and O–H groups in total. The van der Waals surface area contributed by atoms with Gasteiger partial charge < -0.3 is 19.9 Å². The van der Waals surface area contributed by atoms with Crippen LogP contribution < -0.4 is 14.8 Å². The van der Waals surface area contributed by atoms with Gasteiger partial charge in [0.05, 0.1) is 23.8 Å². The minimum Gasteiger partial charge on any atom is -0.490 e. The third-order valence-electron chi connectivity index (χ3n) is 3.02. The van der Waals surface area contributed by atoms with Crippen molar-refractivity contribution < 1.29 is 19.9 Å². The molecule has 1 aromatic carbocycles. The molecule has 0 aliphatic rings. The molecule has 0 unspecified atom stereocenters. The van der Waals surface area contributed by atoms with Crippen molar-refractivity contribution in [2.45, 2.75) is 52.8 Å². The van der Waals surface area contributed by atoms with Crippen molar-refractivity contribution in [3.8, 4) is 11.5 Å². The van der Waals surface area contributed by atoms with Crippen molar-refractivity contribution in [1.29, 1.82) is 0 Å². The second-order valence-corrected chi connectivity index (χ2v) is 6.91. The predicted molar refractivity (Wildman–Crippen MR) is 87.9 cm³/mol. The van der Waals surface area contributed by atoms with Crippen LogP contribution in [-0.4, -0.2) is 30.0 Å². The van der Waals surface area contributed by atoms with E-state index in [-0.39, 0.29) is 18.2 Å². The molecule has 5 heteroatoms. The molecule has 120 valence electrons. The maximum Gasteiger partial charge on any atom is 0.175 e. The van der Waals surface area contributed by atoms with Crippen LogP contribution in [0.3, 0.4) is 0 Å². The lowest BCUT2D eigenvalue weighted by Gasteiger charge is -2.21. The van der Waals surface area contributed by atoms with Gasteiger partial charge in [0.1, 0.15) is 12.1 Å². The fourth-order valence-electron chi connectivity index (χ4n) is 1.81. The molecule has 0 heterocycles. The van der Waals surface area contributed by atoms with Gasteiger partial charge in [-0.25, -0.2) is 0 Å². The van der Waals surface area contributed by atoms with E-state index in [1.807, 2.05) is 46.8 Å². The molecular weight excluding hydrogens is 334 g/mol. The fourth-order valence-corrected chi connectivity index (χ4v) is 2.39. The molecule has 0 amide bonds. The van der Waals surface area contributed by atoms with Crippen molar-refractivity contribution in [2.75, 3.05) is 13.2 Å². The van der Waals surface area contributed by atoms with E-state index in [1.165, 1.54) is 0 Å². The largest absolute Gasteiger partial charge is 0.490 e. The molecule has 1 rings (SSSR count). The zero-order chi connectivity index (χ0) is 16.0. The molecular formula is C16H27BrNO3+. The van der Waals surface area contributed by atoms with E-state index in [2.05, 4.69) is 21.2 Å². The van der Waals surface area contributed by atoms with Crippen LogP contribution in [0, 0.1) is 0 Å². The number of rotatable bonds is 8. The van der Waals surface area contributed by atoms with Crippen molar-refractivity contribution in [2.24, 2.45) is 0 Å². The highest BCUT2D eigenvalue weighted by molar-refractivity contribution is 9.10. The van der Waals surface area contributed by atoms with Crippen molar-refractivity contribution >= 4 is 15.9 Å². The monoisotopic (exact) mass is 360 g/mol. The van der Waals surface area contributed by atoms with Crippen LogP contribution in [0.1, 0.15) is 40.2 Å². The van der Waals surface area contributed by atoms with E-state index in [0.717, 1.165) is 28.1 Å². The van der Waals surface area contributed by atoms with Crippen molar-refractivity contribution in [3.63, 3.8) is 0 Å². The zero-order valence-electron chi connectivity index (χ0n) is 13.6. The first-order valence-corrected chi connectivity index (χ1v) is 8.15. The molecule has 0 saturated carbocycles. The summed E-state index contributed by atoms with van der Waals surface area (Å²) in [6.45, 7) is 11.5. The number of hydrogen-bond donors (Lipinski definition) is 2. The van der Waals surface area contributed by atoms with Crippen LogP contribution in [0.15, 0.2) is 16.6 Å². The molecule has 0 atom stereocenters. The third-order valence-corrected chi connectivity index (χ3v) is 3.61. The average molecular weight is 361 g/mol. The van der Waals surface area contributed by atoms with E-state index in [4.69, 9.17) is 9.47 Å². The van der Waals surface area contributed by atoms with E-state index in [1.54, 1.807) is 0 Å². The van der Waals surface area contributed by atoms with Crippen LogP contribution in [0.25, 0.3) is 0 Å². The standard InChI is InChI=1S/C16H26BrNO3/c1-6-20-14-8-12(9-18-16(4,5)10-19)7-13(17)15(14)21-11(2)3/h7-8,11,18-19H,6,9-10H2,1-5H3/p+1. The average Bonchev–Trinajstić information content (AvgIpc) is 2.40. The summed E-state index contributed by atoms with van der Waals surface area (Å²) in [6.07, 6.45) is 0.0891. The summed E-state index contributed by atoms with van der Waals surface area (Å²) in [5.41, 5.74) is 0.939. The Hall–Kier alpha value is -0.780. The Kier molecular flexibility index (Phi) is 6.97. The lowest BCUT2D eigenvalue weighted by atomic mass is 10.1. The number of hydrogen-bond acceptors (Lipinski definition) is 3. The zero-order valence-corrected chi connectivity index (χ0v) is 15.2. The Morgan fingerprint density at radius 3 is 2.52 bits per heavy atom. The summed E-state index contributed by atoms with van der Waals surface area (Å²) in [7, 11) is 0. The van der Waals surface area contributed by atoms with Gasteiger partial charge >= 0.3 is 0 Å². The van der Waals surface area contributed by atoms with Gasteiger partial charge in [-0.3, -0.25) is 0 Å². The lowest BCUT2D eigenvalue weighted by Crippen LogP contribution is -2.95. The Balaban J connectivity index is 2.97. The van der Waals surface area contributed by atoms with Gasteiger partial charge in [0.2, 0.25) is 0 Å². The Bertz CT molecular complexity index is 461.